The predicted octanol–water partition coefficient (Wildman–Crippen LogP) is 1.24. The van der Waals surface area contributed by atoms with Crippen molar-refractivity contribution in [3.63, 3.8) is 0 Å². The number of aliphatic hydroxyl groups is 1. The average molecular weight is 326 g/mol. The molecule has 21 heavy (non-hydrogen) atoms. The standard InChI is InChI=1S/C11H10F4N2O3S/c12-9-2-1-3-10(8(9)6-16)21(19,20)17(4-5-18)7-11(13,14)15/h1-3,18H,4-5,7H2. The van der Waals surface area contributed by atoms with Crippen LogP contribution in [0.2, 0.25) is 0 Å². The van der Waals surface area contributed by atoms with E-state index in [-0.39, 0.29) is 4.31 Å². The van der Waals surface area contributed by atoms with Gasteiger partial charge in [0.15, 0.2) is 0 Å². The van der Waals surface area contributed by atoms with Gasteiger partial charge >= 0.3 is 6.18 Å². The second-order valence-corrected chi connectivity index (χ2v) is 5.81. The van der Waals surface area contributed by atoms with Crippen LogP contribution in [0.1, 0.15) is 5.56 Å². The third-order valence-corrected chi connectivity index (χ3v) is 4.30. The van der Waals surface area contributed by atoms with Crippen LogP contribution in [0.5, 0.6) is 0 Å². The van der Waals surface area contributed by atoms with Gasteiger partial charge in [0, 0.05) is 6.54 Å². The third-order valence-electron chi connectivity index (χ3n) is 2.41. The van der Waals surface area contributed by atoms with E-state index in [0.717, 1.165) is 18.2 Å². The van der Waals surface area contributed by atoms with Gasteiger partial charge in [-0.05, 0) is 12.1 Å². The van der Waals surface area contributed by atoms with E-state index < -0.39 is 52.2 Å². The van der Waals surface area contributed by atoms with Crippen LogP contribution in [-0.2, 0) is 10.0 Å². The Labute approximate surface area is 118 Å². The SMILES string of the molecule is N#Cc1c(F)cccc1S(=O)(=O)N(CCO)CC(F)(F)F. The van der Waals surface area contributed by atoms with Crippen molar-refractivity contribution in [1.29, 1.82) is 5.26 Å². The average Bonchev–Trinajstić information content (AvgIpc) is 2.36. The first-order valence-electron chi connectivity index (χ1n) is 5.50. The Morgan fingerprint density at radius 2 is 1.95 bits per heavy atom. The molecule has 10 heteroatoms. The molecule has 0 amide bonds. The molecular formula is C11H10F4N2O3S. The highest BCUT2D eigenvalue weighted by atomic mass is 32.2. The van der Waals surface area contributed by atoms with Crippen molar-refractivity contribution in [2.24, 2.45) is 0 Å². The van der Waals surface area contributed by atoms with E-state index in [4.69, 9.17) is 10.4 Å². The molecule has 0 heterocycles. The van der Waals surface area contributed by atoms with Crippen molar-refractivity contribution >= 4 is 10.0 Å². The second-order valence-electron chi connectivity index (χ2n) is 3.90. The van der Waals surface area contributed by atoms with Gasteiger partial charge in [-0.15, -0.1) is 0 Å². The molecule has 0 fully saturated rings. The van der Waals surface area contributed by atoms with Crippen molar-refractivity contribution in [1.82, 2.24) is 4.31 Å². The molecule has 116 valence electrons. The molecule has 1 aromatic rings. The minimum Gasteiger partial charge on any atom is -0.395 e. The molecule has 0 saturated carbocycles. The third kappa shape index (κ3) is 4.13. The van der Waals surface area contributed by atoms with Gasteiger partial charge in [-0.3, -0.25) is 0 Å². The minimum atomic E-state index is -4.84. The highest BCUT2D eigenvalue weighted by Crippen LogP contribution is 2.25. The number of alkyl halides is 3. The first-order chi connectivity index (χ1) is 9.63. The van der Waals surface area contributed by atoms with Crippen molar-refractivity contribution < 1.29 is 31.1 Å². The van der Waals surface area contributed by atoms with E-state index in [1.807, 2.05) is 0 Å². The summed E-state index contributed by atoms with van der Waals surface area (Å²) in [5, 5.41) is 17.5. The number of benzene rings is 1. The summed E-state index contributed by atoms with van der Waals surface area (Å²) in [6, 6.07) is 3.92. The summed E-state index contributed by atoms with van der Waals surface area (Å²) in [5.41, 5.74) is -0.873. The lowest BCUT2D eigenvalue weighted by Crippen LogP contribution is -2.40. The molecule has 1 rings (SSSR count). The highest BCUT2D eigenvalue weighted by Gasteiger charge is 2.38. The Morgan fingerprint density at radius 3 is 2.43 bits per heavy atom. The van der Waals surface area contributed by atoms with E-state index in [0.29, 0.717) is 0 Å². The number of sulfonamides is 1. The predicted molar refractivity (Wildman–Crippen MR) is 63.0 cm³/mol. The topological polar surface area (TPSA) is 81.4 Å². The molecule has 0 aliphatic carbocycles. The minimum absolute atomic E-state index is 0.0530. The lowest BCUT2D eigenvalue weighted by Gasteiger charge is -2.23. The number of hydrogen-bond donors (Lipinski definition) is 1. The summed E-state index contributed by atoms with van der Waals surface area (Å²) in [6.45, 7) is -3.53. The smallest absolute Gasteiger partial charge is 0.395 e. The van der Waals surface area contributed by atoms with Gasteiger partial charge in [-0.1, -0.05) is 6.07 Å². The van der Waals surface area contributed by atoms with Crippen molar-refractivity contribution in [2.75, 3.05) is 19.7 Å². The van der Waals surface area contributed by atoms with Gasteiger partial charge in [0.25, 0.3) is 0 Å². The summed E-state index contributed by atoms with van der Waals surface area (Å²) in [7, 11) is -4.77. The monoisotopic (exact) mass is 326 g/mol. The zero-order valence-electron chi connectivity index (χ0n) is 10.4. The van der Waals surface area contributed by atoms with Gasteiger partial charge < -0.3 is 5.11 Å². The quantitative estimate of drug-likeness (QED) is 0.826. The van der Waals surface area contributed by atoms with Crippen LogP contribution in [0.25, 0.3) is 0 Å². The van der Waals surface area contributed by atoms with E-state index in [1.54, 1.807) is 0 Å². The Morgan fingerprint density at radius 1 is 1.33 bits per heavy atom. The molecule has 0 aliphatic rings. The zero-order valence-corrected chi connectivity index (χ0v) is 11.2. The fourth-order valence-electron chi connectivity index (χ4n) is 1.56. The number of nitriles is 1. The lowest BCUT2D eigenvalue weighted by molar-refractivity contribution is -0.136. The van der Waals surface area contributed by atoms with Crippen LogP contribution in [0.4, 0.5) is 17.6 Å². The van der Waals surface area contributed by atoms with Crippen LogP contribution in [0.3, 0.4) is 0 Å². The highest BCUT2D eigenvalue weighted by molar-refractivity contribution is 7.89. The van der Waals surface area contributed by atoms with Gasteiger partial charge in [0.2, 0.25) is 10.0 Å². The largest absolute Gasteiger partial charge is 0.402 e. The number of aliphatic hydroxyl groups excluding tert-OH is 1. The summed E-state index contributed by atoms with van der Waals surface area (Å²) < 4.78 is 74.8. The summed E-state index contributed by atoms with van der Waals surface area (Å²) in [4.78, 5) is -0.873. The summed E-state index contributed by atoms with van der Waals surface area (Å²) in [6.07, 6.45) is -4.84. The molecule has 0 aliphatic heterocycles. The molecule has 0 spiro atoms. The first-order valence-corrected chi connectivity index (χ1v) is 6.94. The number of nitrogens with zero attached hydrogens (tertiary/aromatic N) is 2. The Balaban J connectivity index is 3.37. The Bertz CT molecular complexity index is 652. The van der Waals surface area contributed by atoms with E-state index in [9.17, 15) is 26.0 Å². The van der Waals surface area contributed by atoms with Crippen LogP contribution < -0.4 is 0 Å². The molecule has 0 bridgehead atoms. The molecule has 0 radical (unpaired) electrons. The number of rotatable bonds is 5. The van der Waals surface area contributed by atoms with E-state index in [1.165, 1.54) is 6.07 Å². The van der Waals surface area contributed by atoms with Crippen molar-refractivity contribution in [3.05, 3.63) is 29.6 Å². The molecule has 1 N–H and O–H groups in total. The fraction of sp³-hybridized carbons (Fsp3) is 0.364. The maximum absolute atomic E-state index is 13.4. The summed E-state index contributed by atoms with van der Waals surface area (Å²) in [5.74, 6) is -1.16. The number of halogens is 4. The lowest BCUT2D eigenvalue weighted by atomic mass is 10.2. The van der Waals surface area contributed by atoms with Crippen molar-refractivity contribution in [3.8, 4) is 6.07 Å². The normalized spacial score (nSPS) is 12.4. The van der Waals surface area contributed by atoms with E-state index in [2.05, 4.69) is 0 Å². The van der Waals surface area contributed by atoms with Crippen LogP contribution in [0, 0.1) is 17.1 Å². The molecule has 0 atom stereocenters. The molecular weight excluding hydrogens is 316 g/mol. The summed E-state index contributed by atoms with van der Waals surface area (Å²) >= 11 is 0. The van der Waals surface area contributed by atoms with Crippen LogP contribution in [-0.4, -0.2) is 43.7 Å². The van der Waals surface area contributed by atoms with Crippen LogP contribution in [0.15, 0.2) is 23.1 Å². The maximum Gasteiger partial charge on any atom is 0.402 e. The molecule has 5 nitrogen and oxygen atoms in total. The first kappa shape index (κ1) is 17.4. The molecule has 1 aromatic carbocycles. The van der Waals surface area contributed by atoms with Crippen molar-refractivity contribution in [2.45, 2.75) is 11.1 Å². The van der Waals surface area contributed by atoms with Gasteiger partial charge in [-0.25, -0.2) is 12.8 Å². The molecule has 0 unspecified atom stereocenters. The second kappa shape index (κ2) is 6.38. The van der Waals surface area contributed by atoms with Gasteiger partial charge in [0.1, 0.15) is 28.9 Å². The van der Waals surface area contributed by atoms with E-state index >= 15 is 0 Å². The fourth-order valence-corrected chi connectivity index (χ4v) is 3.13. The van der Waals surface area contributed by atoms with Crippen LogP contribution >= 0.6 is 0 Å². The molecule has 0 saturated heterocycles. The number of hydrogen-bond acceptors (Lipinski definition) is 4. The maximum atomic E-state index is 13.4. The zero-order chi connectivity index (χ0) is 16.3. The Hall–Kier alpha value is -1.70. The van der Waals surface area contributed by atoms with Gasteiger partial charge in [-0.2, -0.15) is 22.7 Å². The Kier molecular flexibility index (Phi) is 5.27. The molecule has 0 aromatic heterocycles. The van der Waals surface area contributed by atoms with Gasteiger partial charge in [0.05, 0.1) is 6.61 Å².